The first-order valence-electron chi connectivity index (χ1n) is 4.39. The van der Waals surface area contributed by atoms with Gasteiger partial charge < -0.3 is 0 Å². The smallest absolute Gasteiger partial charge is 0.195 e. The van der Waals surface area contributed by atoms with Gasteiger partial charge in [0, 0.05) is 7.05 Å². The standard InChI is InChI=1S/C10H9ClN2OS/c1-13-8(9(14)6-11)5-7(12-13)10-3-2-4-15-10/h2-5H,6H2,1H3. The number of halogens is 1. The molecule has 0 saturated carbocycles. The van der Waals surface area contributed by atoms with Crippen molar-refractivity contribution in [3.63, 3.8) is 0 Å². The molecule has 0 N–H and O–H groups in total. The third kappa shape index (κ3) is 1.96. The predicted molar refractivity (Wildman–Crippen MR) is 61.6 cm³/mol. The Kier molecular flexibility index (Phi) is 2.88. The molecule has 3 nitrogen and oxygen atoms in total. The van der Waals surface area contributed by atoms with Crippen molar-refractivity contribution in [2.24, 2.45) is 7.05 Å². The molecular formula is C10H9ClN2OS. The second-order valence-corrected chi connectivity index (χ2v) is 4.29. The maximum atomic E-state index is 11.4. The van der Waals surface area contributed by atoms with Crippen LogP contribution < -0.4 is 0 Å². The number of hydrogen-bond donors (Lipinski definition) is 0. The molecule has 0 spiro atoms. The van der Waals surface area contributed by atoms with Crippen molar-refractivity contribution < 1.29 is 4.79 Å². The van der Waals surface area contributed by atoms with Gasteiger partial charge in [0.25, 0.3) is 0 Å². The average Bonchev–Trinajstić information content (AvgIpc) is 2.84. The van der Waals surface area contributed by atoms with Gasteiger partial charge in [-0.25, -0.2) is 0 Å². The molecule has 2 aromatic heterocycles. The molecule has 78 valence electrons. The molecule has 2 aromatic rings. The van der Waals surface area contributed by atoms with Crippen LogP contribution in [0.1, 0.15) is 10.5 Å². The summed E-state index contributed by atoms with van der Waals surface area (Å²) in [6, 6.07) is 5.70. The molecule has 2 rings (SSSR count). The minimum Gasteiger partial charge on any atom is -0.291 e. The Morgan fingerprint density at radius 2 is 2.47 bits per heavy atom. The van der Waals surface area contributed by atoms with Crippen LogP contribution in [0.25, 0.3) is 10.6 Å². The number of hydrogen-bond acceptors (Lipinski definition) is 3. The summed E-state index contributed by atoms with van der Waals surface area (Å²) in [5.41, 5.74) is 1.37. The summed E-state index contributed by atoms with van der Waals surface area (Å²) in [5.74, 6) is -0.113. The van der Waals surface area contributed by atoms with Crippen molar-refractivity contribution in [2.45, 2.75) is 0 Å². The highest BCUT2D eigenvalue weighted by molar-refractivity contribution is 7.13. The van der Waals surface area contributed by atoms with E-state index in [9.17, 15) is 4.79 Å². The summed E-state index contributed by atoms with van der Waals surface area (Å²) >= 11 is 7.10. The zero-order valence-corrected chi connectivity index (χ0v) is 9.68. The highest BCUT2D eigenvalue weighted by atomic mass is 35.5. The fourth-order valence-corrected chi connectivity index (χ4v) is 2.16. The monoisotopic (exact) mass is 240 g/mol. The van der Waals surface area contributed by atoms with Gasteiger partial charge in [-0.05, 0) is 17.5 Å². The molecule has 0 radical (unpaired) electrons. The topological polar surface area (TPSA) is 34.9 Å². The number of nitrogens with zero attached hydrogens (tertiary/aromatic N) is 2. The normalized spacial score (nSPS) is 10.5. The van der Waals surface area contributed by atoms with E-state index in [1.165, 1.54) is 0 Å². The van der Waals surface area contributed by atoms with Crippen LogP contribution in [0.4, 0.5) is 0 Å². The summed E-state index contributed by atoms with van der Waals surface area (Å²) < 4.78 is 1.57. The molecule has 0 aliphatic heterocycles. The van der Waals surface area contributed by atoms with Crippen molar-refractivity contribution in [1.29, 1.82) is 0 Å². The van der Waals surface area contributed by atoms with Gasteiger partial charge in [0.2, 0.25) is 0 Å². The molecule has 0 bridgehead atoms. The van der Waals surface area contributed by atoms with Crippen molar-refractivity contribution in [2.75, 3.05) is 5.88 Å². The molecule has 5 heteroatoms. The number of carbonyl (C=O) groups is 1. The fraction of sp³-hybridized carbons (Fsp3) is 0.200. The second-order valence-electron chi connectivity index (χ2n) is 3.07. The predicted octanol–water partition coefficient (Wildman–Crippen LogP) is 2.57. The van der Waals surface area contributed by atoms with E-state index in [4.69, 9.17) is 11.6 Å². The lowest BCUT2D eigenvalue weighted by Crippen LogP contribution is -2.07. The van der Waals surface area contributed by atoms with E-state index in [1.54, 1.807) is 29.1 Å². The van der Waals surface area contributed by atoms with Crippen LogP contribution in [0.5, 0.6) is 0 Å². The molecule has 0 aromatic carbocycles. The summed E-state index contributed by atoms with van der Waals surface area (Å²) in [4.78, 5) is 12.5. The zero-order chi connectivity index (χ0) is 10.8. The van der Waals surface area contributed by atoms with Gasteiger partial charge in [0.05, 0.1) is 10.8 Å². The first-order valence-corrected chi connectivity index (χ1v) is 5.81. The van der Waals surface area contributed by atoms with Crippen molar-refractivity contribution in [1.82, 2.24) is 9.78 Å². The van der Waals surface area contributed by atoms with Crippen LogP contribution in [-0.2, 0) is 7.05 Å². The van der Waals surface area contributed by atoms with E-state index < -0.39 is 0 Å². The summed E-state index contributed by atoms with van der Waals surface area (Å²) in [5, 5.41) is 6.25. The van der Waals surface area contributed by atoms with Gasteiger partial charge >= 0.3 is 0 Å². The molecule has 0 amide bonds. The number of aryl methyl sites for hydroxylation is 1. The molecule has 15 heavy (non-hydrogen) atoms. The van der Waals surface area contributed by atoms with Crippen LogP contribution in [-0.4, -0.2) is 21.4 Å². The van der Waals surface area contributed by atoms with Gasteiger partial charge in [-0.15, -0.1) is 22.9 Å². The van der Waals surface area contributed by atoms with Crippen LogP contribution in [0.3, 0.4) is 0 Å². The lowest BCUT2D eigenvalue weighted by molar-refractivity contribution is 0.101. The van der Waals surface area contributed by atoms with Crippen LogP contribution in [0.2, 0.25) is 0 Å². The number of carbonyl (C=O) groups excluding carboxylic acids is 1. The molecule has 0 saturated heterocycles. The molecule has 0 unspecified atom stereocenters. The van der Waals surface area contributed by atoms with Gasteiger partial charge in [0.15, 0.2) is 5.78 Å². The Morgan fingerprint density at radius 3 is 3.07 bits per heavy atom. The van der Waals surface area contributed by atoms with Gasteiger partial charge in [-0.1, -0.05) is 6.07 Å². The first kappa shape index (κ1) is 10.4. The van der Waals surface area contributed by atoms with E-state index in [0.29, 0.717) is 5.69 Å². The van der Waals surface area contributed by atoms with Crippen molar-refractivity contribution >= 4 is 28.7 Å². The zero-order valence-electron chi connectivity index (χ0n) is 8.11. The highest BCUT2D eigenvalue weighted by Gasteiger charge is 2.13. The number of rotatable bonds is 3. The quantitative estimate of drug-likeness (QED) is 0.611. The van der Waals surface area contributed by atoms with Crippen LogP contribution in [0, 0.1) is 0 Å². The van der Waals surface area contributed by atoms with Gasteiger partial charge in [-0.3, -0.25) is 9.48 Å². The van der Waals surface area contributed by atoms with Crippen molar-refractivity contribution in [3.8, 4) is 10.6 Å². The van der Waals surface area contributed by atoms with E-state index >= 15 is 0 Å². The second kappa shape index (κ2) is 4.16. The SMILES string of the molecule is Cn1nc(-c2cccs2)cc1C(=O)CCl. The maximum absolute atomic E-state index is 11.4. The van der Waals surface area contributed by atoms with E-state index in [1.807, 2.05) is 17.5 Å². The third-order valence-electron chi connectivity index (χ3n) is 2.06. The summed E-state index contributed by atoms with van der Waals surface area (Å²) in [6.07, 6.45) is 0. The first-order chi connectivity index (χ1) is 7.22. The molecule has 0 aliphatic carbocycles. The Balaban J connectivity index is 2.41. The van der Waals surface area contributed by atoms with E-state index in [2.05, 4.69) is 5.10 Å². The third-order valence-corrected chi connectivity index (χ3v) is 3.20. The number of aromatic nitrogens is 2. The lowest BCUT2D eigenvalue weighted by atomic mass is 10.2. The van der Waals surface area contributed by atoms with Crippen LogP contribution in [0.15, 0.2) is 23.6 Å². The Labute approximate surface area is 96.3 Å². The molecule has 0 aliphatic rings. The number of ketones is 1. The van der Waals surface area contributed by atoms with Gasteiger partial charge in [-0.2, -0.15) is 5.10 Å². The minimum atomic E-state index is -0.102. The van der Waals surface area contributed by atoms with Crippen LogP contribution >= 0.6 is 22.9 Å². The molecule has 0 atom stereocenters. The number of alkyl halides is 1. The highest BCUT2D eigenvalue weighted by Crippen LogP contribution is 2.23. The summed E-state index contributed by atoms with van der Waals surface area (Å²) in [6.45, 7) is 0. The maximum Gasteiger partial charge on any atom is 0.195 e. The Bertz CT molecular complexity index is 476. The molecule has 2 heterocycles. The average molecular weight is 241 g/mol. The van der Waals surface area contributed by atoms with E-state index in [-0.39, 0.29) is 11.7 Å². The molecule has 0 fully saturated rings. The fourth-order valence-electron chi connectivity index (χ4n) is 1.34. The largest absolute Gasteiger partial charge is 0.291 e. The number of thiophene rings is 1. The van der Waals surface area contributed by atoms with Crippen molar-refractivity contribution in [3.05, 3.63) is 29.3 Å². The minimum absolute atomic E-state index is 0.0105. The van der Waals surface area contributed by atoms with E-state index in [0.717, 1.165) is 10.6 Å². The Hall–Kier alpha value is -1.13. The summed E-state index contributed by atoms with van der Waals surface area (Å²) in [7, 11) is 1.75. The lowest BCUT2D eigenvalue weighted by Gasteiger charge is -1.94. The van der Waals surface area contributed by atoms with Gasteiger partial charge in [0.1, 0.15) is 11.4 Å². The Morgan fingerprint density at radius 1 is 1.67 bits per heavy atom. The molecular weight excluding hydrogens is 232 g/mol. The number of Topliss-reactive ketones (excluding diaryl/α,β-unsaturated/α-hetero) is 1.